The highest BCUT2D eigenvalue weighted by Gasteiger charge is 2.29. The lowest BCUT2D eigenvalue weighted by Crippen LogP contribution is -2.53. The smallest absolute Gasteiger partial charge is 0.329 e. The Kier molecular flexibility index (Phi) is 11.4. The Balaban J connectivity index is 1.62. The summed E-state index contributed by atoms with van der Waals surface area (Å²) in [6.07, 6.45) is 6.22. The average Bonchev–Trinajstić information content (AvgIpc) is 3.13. The lowest BCUT2D eigenvalue weighted by molar-refractivity contribution is -0.153. The molecule has 1 unspecified atom stereocenters. The van der Waals surface area contributed by atoms with Crippen LogP contribution in [0.15, 0.2) is 24.3 Å². The van der Waals surface area contributed by atoms with Crippen molar-refractivity contribution >= 4 is 17.8 Å². The van der Waals surface area contributed by atoms with Gasteiger partial charge >= 0.3 is 5.97 Å². The van der Waals surface area contributed by atoms with Crippen molar-refractivity contribution in [1.29, 1.82) is 0 Å². The fourth-order valence-electron chi connectivity index (χ4n) is 4.69. The van der Waals surface area contributed by atoms with Crippen molar-refractivity contribution in [3.05, 3.63) is 29.8 Å². The molecule has 0 radical (unpaired) electrons. The Bertz CT molecular complexity index is 900. The lowest BCUT2D eigenvalue weighted by atomic mass is 10.0. The summed E-state index contributed by atoms with van der Waals surface area (Å²) in [7, 11) is 0. The maximum atomic E-state index is 13.3. The van der Waals surface area contributed by atoms with Crippen LogP contribution < -0.4 is 15.4 Å². The highest BCUT2D eigenvalue weighted by Crippen LogP contribution is 2.22. The van der Waals surface area contributed by atoms with Gasteiger partial charge in [-0.25, -0.2) is 4.79 Å². The molecular formula is C29H45N3O6. The second kappa shape index (κ2) is 14.5. The Morgan fingerprint density at radius 1 is 1.00 bits per heavy atom. The van der Waals surface area contributed by atoms with Crippen LogP contribution in [0.2, 0.25) is 0 Å². The molecule has 1 aliphatic heterocycles. The predicted octanol–water partition coefficient (Wildman–Crippen LogP) is 2.99. The summed E-state index contributed by atoms with van der Waals surface area (Å²) in [6.45, 7) is 10.3. The van der Waals surface area contributed by atoms with Crippen molar-refractivity contribution in [1.82, 2.24) is 15.5 Å². The number of amides is 2. The molecule has 1 aromatic rings. The summed E-state index contributed by atoms with van der Waals surface area (Å²) in [6, 6.07) is 5.87. The minimum atomic E-state index is -0.862. The number of hydrogen-bond donors (Lipinski definition) is 2. The van der Waals surface area contributed by atoms with E-state index in [2.05, 4.69) is 10.6 Å². The van der Waals surface area contributed by atoms with Gasteiger partial charge < -0.3 is 24.8 Å². The molecule has 2 aliphatic rings. The number of esters is 1. The van der Waals surface area contributed by atoms with E-state index >= 15 is 0 Å². The number of carbonyl (C=O) groups is 3. The molecule has 212 valence electrons. The molecule has 1 heterocycles. The van der Waals surface area contributed by atoms with Crippen molar-refractivity contribution in [3.8, 4) is 5.75 Å². The van der Waals surface area contributed by atoms with Crippen LogP contribution in [-0.4, -0.2) is 79.3 Å². The van der Waals surface area contributed by atoms with Crippen molar-refractivity contribution in [3.63, 3.8) is 0 Å². The molecule has 9 nitrogen and oxygen atoms in total. The summed E-state index contributed by atoms with van der Waals surface area (Å²) in [4.78, 5) is 40.8. The number of hydrogen-bond acceptors (Lipinski definition) is 7. The first-order valence-corrected chi connectivity index (χ1v) is 14.0. The van der Waals surface area contributed by atoms with Crippen molar-refractivity contribution < 1.29 is 28.6 Å². The van der Waals surface area contributed by atoms with Crippen LogP contribution in [0.25, 0.3) is 0 Å². The third kappa shape index (κ3) is 10.6. The van der Waals surface area contributed by atoms with Gasteiger partial charge in [0, 0.05) is 19.5 Å². The van der Waals surface area contributed by atoms with Gasteiger partial charge in [-0.1, -0.05) is 25.0 Å². The third-order valence-corrected chi connectivity index (χ3v) is 6.71. The van der Waals surface area contributed by atoms with Crippen LogP contribution in [0.4, 0.5) is 0 Å². The van der Waals surface area contributed by atoms with Gasteiger partial charge in [0.2, 0.25) is 11.8 Å². The number of nitrogens with zero attached hydrogens (tertiary/aromatic N) is 1. The van der Waals surface area contributed by atoms with Crippen LogP contribution in [0.1, 0.15) is 71.8 Å². The number of benzene rings is 1. The lowest BCUT2D eigenvalue weighted by Gasteiger charge is -2.27. The number of rotatable bonds is 10. The van der Waals surface area contributed by atoms with Crippen LogP contribution >= 0.6 is 0 Å². The Morgan fingerprint density at radius 2 is 1.63 bits per heavy atom. The van der Waals surface area contributed by atoms with Crippen LogP contribution in [0.3, 0.4) is 0 Å². The topological polar surface area (TPSA) is 106 Å². The monoisotopic (exact) mass is 531 g/mol. The Morgan fingerprint density at radius 3 is 2.24 bits per heavy atom. The van der Waals surface area contributed by atoms with Gasteiger partial charge in [0.05, 0.1) is 19.8 Å². The maximum absolute atomic E-state index is 13.3. The van der Waals surface area contributed by atoms with E-state index in [1.165, 1.54) is 0 Å². The average molecular weight is 532 g/mol. The predicted molar refractivity (Wildman–Crippen MR) is 145 cm³/mol. The molecule has 1 saturated carbocycles. The zero-order chi connectivity index (χ0) is 27.5. The summed E-state index contributed by atoms with van der Waals surface area (Å²) < 4.78 is 17.1. The molecule has 0 spiro atoms. The van der Waals surface area contributed by atoms with E-state index in [1.54, 1.807) is 6.92 Å². The minimum absolute atomic E-state index is 0.127. The summed E-state index contributed by atoms with van der Waals surface area (Å²) in [5.74, 6) is -0.357. The van der Waals surface area contributed by atoms with E-state index in [1.807, 2.05) is 49.9 Å². The van der Waals surface area contributed by atoms with Gasteiger partial charge in [0.1, 0.15) is 29.5 Å². The van der Waals surface area contributed by atoms with Crippen molar-refractivity contribution in [2.45, 2.75) is 96.4 Å². The van der Waals surface area contributed by atoms with E-state index in [0.717, 1.165) is 49.8 Å². The summed E-state index contributed by atoms with van der Waals surface area (Å²) in [5, 5.41) is 5.59. The summed E-state index contributed by atoms with van der Waals surface area (Å²) in [5.41, 5.74) is 0.557. The molecule has 1 aromatic carbocycles. The maximum Gasteiger partial charge on any atom is 0.329 e. The second-order valence-electron chi connectivity index (χ2n) is 11.4. The number of ether oxygens (including phenoxy) is 3. The van der Waals surface area contributed by atoms with E-state index in [0.29, 0.717) is 26.3 Å². The molecular weight excluding hydrogens is 486 g/mol. The van der Waals surface area contributed by atoms with Crippen molar-refractivity contribution in [2.24, 2.45) is 0 Å². The first kappa shape index (κ1) is 29.9. The van der Waals surface area contributed by atoms with Gasteiger partial charge in [-0.2, -0.15) is 0 Å². The molecule has 2 fully saturated rings. The molecule has 0 aromatic heterocycles. The minimum Gasteiger partial charge on any atom is -0.488 e. The fraction of sp³-hybridized carbons (Fsp3) is 0.690. The molecule has 9 heteroatoms. The Hall–Kier alpha value is -2.65. The third-order valence-electron chi connectivity index (χ3n) is 6.71. The number of carbonyl (C=O) groups excluding carboxylic acids is 3. The molecule has 2 atom stereocenters. The number of nitrogens with one attached hydrogen (secondary N) is 2. The van der Waals surface area contributed by atoms with E-state index in [-0.39, 0.29) is 30.6 Å². The largest absolute Gasteiger partial charge is 0.488 e. The normalized spacial score (nSPS) is 19.1. The molecule has 1 aliphatic carbocycles. The first-order valence-electron chi connectivity index (χ1n) is 14.0. The Labute approximate surface area is 226 Å². The van der Waals surface area contributed by atoms with Crippen LogP contribution in [0.5, 0.6) is 5.75 Å². The molecule has 3 rings (SSSR count). The van der Waals surface area contributed by atoms with Crippen LogP contribution in [0, 0.1) is 0 Å². The van der Waals surface area contributed by atoms with Crippen molar-refractivity contribution in [2.75, 3.05) is 32.8 Å². The zero-order valence-electron chi connectivity index (χ0n) is 23.4. The van der Waals surface area contributed by atoms with Gasteiger partial charge in [-0.3, -0.25) is 14.5 Å². The highest BCUT2D eigenvalue weighted by molar-refractivity contribution is 5.91. The van der Waals surface area contributed by atoms with Gasteiger partial charge in [0.15, 0.2) is 0 Å². The molecule has 1 saturated heterocycles. The first-order chi connectivity index (χ1) is 18.1. The fourth-order valence-corrected chi connectivity index (χ4v) is 4.69. The SMILES string of the molecule is CC(NC(=O)CN1CCOCC1)C(=O)N[C@@H](Cc1ccc(OC(C)(C)C)cc1)C(=O)OC1CCCCCC1. The van der Waals surface area contributed by atoms with Crippen LogP contribution in [-0.2, 0) is 30.3 Å². The standard InChI is InChI=1S/C29H45N3O6/c1-21(30-26(33)20-32-15-17-36-18-16-32)27(34)31-25(28(35)37-23-9-7-5-6-8-10-23)19-22-11-13-24(14-12-22)38-29(2,3)4/h11-14,21,23,25H,5-10,15-20H2,1-4H3,(H,30,33)(H,31,34)/t21?,25-/m0/s1. The van der Waals surface area contributed by atoms with E-state index in [9.17, 15) is 14.4 Å². The van der Waals surface area contributed by atoms with E-state index < -0.39 is 24.0 Å². The van der Waals surface area contributed by atoms with E-state index in [4.69, 9.17) is 14.2 Å². The molecule has 38 heavy (non-hydrogen) atoms. The second-order valence-corrected chi connectivity index (χ2v) is 11.4. The molecule has 2 amide bonds. The quantitative estimate of drug-likeness (QED) is 0.353. The number of morpholine rings is 1. The van der Waals surface area contributed by atoms with Gasteiger partial charge in [-0.15, -0.1) is 0 Å². The molecule has 0 bridgehead atoms. The molecule has 2 N–H and O–H groups in total. The highest BCUT2D eigenvalue weighted by atomic mass is 16.5. The zero-order valence-corrected chi connectivity index (χ0v) is 23.4. The van der Waals surface area contributed by atoms with Gasteiger partial charge in [0.25, 0.3) is 0 Å². The van der Waals surface area contributed by atoms with Gasteiger partial charge in [-0.05, 0) is 71.1 Å². The summed E-state index contributed by atoms with van der Waals surface area (Å²) >= 11 is 0.